The molecule has 2 nitrogen and oxygen atoms in total. The van der Waals surface area contributed by atoms with E-state index in [1.54, 1.807) is 13.0 Å². The molecule has 0 bridgehead atoms. The minimum Gasteiger partial charge on any atom is -0.350 e. The summed E-state index contributed by atoms with van der Waals surface area (Å²) in [5.74, 6) is -0.273. The van der Waals surface area contributed by atoms with Crippen molar-refractivity contribution in [2.75, 3.05) is 0 Å². The predicted molar refractivity (Wildman–Crippen MR) is 53.7 cm³/mol. The monoisotopic (exact) mass is 231 g/mol. The second-order valence-electron chi connectivity index (χ2n) is 3.55. The molecular formula is C11H12F3NO. The number of nitrogens with one attached hydrogen (secondary N) is 1. The SMILES string of the molecule is CC(=O)NC(C)c1cccc(C(F)(F)F)c1. The molecule has 0 radical (unpaired) electrons. The van der Waals surface area contributed by atoms with Crippen LogP contribution in [0.4, 0.5) is 13.2 Å². The Morgan fingerprint density at radius 2 is 2.00 bits per heavy atom. The zero-order valence-electron chi connectivity index (χ0n) is 8.93. The lowest BCUT2D eigenvalue weighted by atomic mass is 10.0. The molecule has 1 amide bonds. The number of alkyl halides is 3. The zero-order chi connectivity index (χ0) is 12.3. The van der Waals surface area contributed by atoms with Gasteiger partial charge in [0.15, 0.2) is 0 Å². The maximum atomic E-state index is 12.4. The molecule has 0 saturated carbocycles. The van der Waals surface area contributed by atoms with Gasteiger partial charge >= 0.3 is 6.18 Å². The summed E-state index contributed by atoms with van der Waals surface area (Å²) >= 11 is 0. The number of amides is 1. The molecule has 0 spiro atoms. The lowest BCUT2D eigenvalue weighted by Gasteiger charge is -2.15. The summed E-state index contributed by atoms with van der Waals surface area (Å²) in [7, 11) is 0. The Hall–Kier alpha value is -1.52. The summed E-state index contributed by atoms with van der Waals surface area (Å²) in [6, 6.07) is 4.50. The number of halogens is 3. The third kappa shape index (κ3) is 3.25. The van der Waals surface area contributed by atoms with Crippen LogP contribution in [0.25, 0.3) is 0 Å². The zero-order valence-corrected chi connectivity index (χ0v) is 8.93. The van der Waals surface area contributed by atoms with E-state index in [1.807, 2.05) is 0 Å². The van der Waals surface area contributed by atoms with Crippen LogP contribution in [-0.4, -0.2) is 5.91 Å². The Morgan fingerprint density at radius 3 is 2.50 bits per heavy atom. The minimum atomic E-state index is -4.36. The highest BCUT2D eigenvalue weighted by Gasteiger charge is 2.30. The summed E-state index contributed by atoms with van der Waals surface area (Å²) in [6.45, 7) is 2.96. The van der Waals surface area contributed by atoms with Crippen LogP contribution in [-0.2, 0) is 11.0 Å². The highest BCUT2D eigenvalue weighted by atomic mass is 19.4. The summed E-state index contributed by atoms with van der Waals surface area (Å²) < 4.78 is 37.2. The summed E-state index contributed by atoms with van der Waals surface area (Å²) in [6.07, 6.45) is -4.36. The second kappa shape index (κ2) is 4.55. The molecule has 5 heteroatoms. The molecule has 0 saturated heterocycles. The molecule has 1 aromatic carbocycles. The average Bonchev–Trinajstić information content (AvgIpc) is 2.15. The van der Waals surface area contributed by atoms with Crippen molar-refractivity contribution in [3.05, 3.63) is 35.4 Å². The fraction of sp³-hybridized carbons (Fsp3) is 0.364. The normalized spacial score (nSPS) is 13.3. The predicted octanol–water partition coefficient (Wildman–Crippen LogP) is 2.90. The van der Waals surface area contributed by atoms with Crippen LogP contribution in [0.1, 0.15) is 31.0 Å². The third-order valence-corrected chi connectivity index (χ3v) is 2.13. The first-order valence-corrected chi connectivity index (χ1v) is 4.75. The Labute approximate surface area is 91.5 Å². The van der Waals surface area contributed by atoms with E-state index in [0.29, 0.717) is 5.56 Å². The maximum Gasteiger partial charge on any atom is 0.416 e. The van der Waals surface area contributed by atoms with E-state index < -0.39 is 17.8 Å². The quantitative estimate of drug-likeness (QED) is 0.833. The fourth-order valence-corrected chi connectivity index (χ4v) is 1.37. The van der Waals surface area contributed by atoms with E-state index in [4.69, 9.17) is 0 Å². The topological polar surface area (TPSA) is 29.1 Å². The molecule has 1 aromatic rings. The van der Waals surface area contributed by atoms with Crippen molar-refractivity contribution in [2.45, 2.75) is 26.1 Å². The molecule has 1 unspecified atom stereocenters. The Morgan fingerprint density at radius 1 is 1.38 bits per heavy atom. The molecule has 0 fully saturated rings. The van der Waals surface area contributed by atoms with Gasteiger partial charge in [-0.3, -0.25) is 4.79 Å². The Kier molecular flexibility index (Phi) is 3.57. The summed E-state index contributed by atoms with van der Waals surface area (Å²) in [5.41, 5.74) is -0.271. The van der Waals surface area contributed by atoms with Crippen LogP contribution in [0, 0.1) is 0 Å². The summed E-state index contributed by atoms with van der Waals surface area (Å²) in [4.78, 5) is 10.8. The largest absolute Gasteiger partial charge is 0.416 e. The van der Waals surface area contributed by atoms with Crippen LogP contribution in [0.2, 0.25) is 0 Å². The first-order valence-electron chi connectivity index (χ1n) is 4.75. The lowest BCUT2D eigenvalue weighted by molar-refractivity contribution is -0.137. The van der Waals surface area contributed by atoms with E-state index in [2.05, 4.69) is 5.32 Å². The summed E-state index contributed by atoms with van der Waals surface area (Å²) in [5, 5.41) is 2.53. The van der Waals surface area contributed by atoms with Gasteiger partial charge in [-0.25, -0.2) is 0 Å². The van der Waals surface area contributed by atoms with E-state index >= 15 is 0 Å². The number of hydrogen-bond acceptors (Lipinski definition) is 1. The Balaban J connectivity index is 2.94. The molecule has 0 aliphatic carbocycles. The number of benzene rings is 1. The third-order valence-electron chi connectivity index (χ3n) is 2.13. The van der Waals surface area contributed by atoms with Gasteiger partial charge in [-0.1, -0.05) is 12.1 Å². The number of hydrogen-bond donors (Lipinski definition) is 1. The van der Waals surface area contributed by atoms with Crippen molar-refractivity contribution in [3.8, 4) is 0 Å². The van der Waals surface area contributed by atoms with Gasteiger partial charge in [-0.05, 0) is 24.6 Å². The molecule has 1 N–H and O–H groups in total. The van der Waals surface area contributed by atoms with Crippen molar-refractivity contribution < 1.29 is 18.0 Å². The van der Waals surface area contributed by atoms with Gasteiger partial charge in [-0.2, -0.15) is 13.2 Å². The van der Waals surface area contributed by atoms with Crippen LogP contribution >= 0.6 is 0 Å². The van der Waals surface area contributed by atoms with Gasteiger partial charge in [0.05, 0.1) is 11.6 Å². The molecule has 0 aliphatic heterocycles. The standard InChI is InChI=1S/C11H12F3NO/c1-7(15-8(2)16)9-4-3-5-10(6-9)11(12,13)14/h3-7H,1-2H3,(H,15,16). The van der Waals surface area contributed by atoms with E-state index in [0.717, 1.165) is 12.1 Å². The first-order chi connectivity index (χ1) is 7.30. The molecule has 0 aliphatic rings. The molecular weight excluding hydrogens is 219 g/mol. The maximum absolute atomic E-state index is 12.4. The van der Waals surface area contributed by atoms with Crippen molar-refractivity contribution >= 4 is 5.91 Å². The number of carbonyl (C=O) groups is 1. The van der Waals surface area contributed by atoms with E-state index in [9.17, 15) is 18.0 Å². The molecule has 0 heterocycles. The van der Waals surface area contributed by atoms with Crippen LogP contribution < -0.4 is 5.32 Å². The van der Waals surface area contributed by atoms with Crippen molar-refractivity contribution in [1.82, 2.24) is 5.32 Å². The molecule has 88 valence electrons. The molecule has 1 atom stereocenters. The van der Waals surface area contributed by atoms with Crippen LogP contribution in [0.3, 0.4) is 0 Å². The van der Waals surface area contributed by atoms with Crippen LogP contribution in [0.5, 0.6) is 0 Å². The lowest BCUT2D eigenvalue weighted by Crippen LogP contribution is -2.23. The van der Waals surface area contributed by atoms with Gasteiger partial charge in [-0.15, -0.1) is 0 Å². The van der Waals surface area contributed by atoms with Gasteiger partial charge in [0.1, 0.15) is 0 Å². The van der Waals surface area contributed by atoms with Gasteiger partial charge in [0, 0.05) is 6.92 Å². The van der Waals surface area contributed by atoms with Crippen molar-refractivity contribution in [3.63, 3.8) is 0 Å². The van der Waals surface area contributed by atoms with E-state index in [-0.39, 0.29) is 5.91 Å². The second-order valence-corrected chi connectivity index (χ2v) is 3.55. The number of carbonyl (C=O) groups excluding carboxylic acids is 1. The fourth-order valence-electron chi connectivity index (χ4n) is 1.37. The highest BCUT2D eigenvalue weighted by Crippen LogP contribution is 2.30. The van der Waals surface area contributed by atoms with Gasteiger partial charge in [0.2, 0.25) is 5.91 Å². The first kappa shape index (κ1) is 12.5. The van der Waals surface area contributed by atoms with Crippen molar-refractivity contribution in [1.29, 1.82) is 0 Å². The van der Waals surface area contributed by atoms with Gasteiger partial charge < -0.3 is 5.32 Å². The molecule has 16 heavy (non-hydrogen) atoms. The van der Waals surface area contributed by atoms with Crippen LogP contribution in [0.15, 0.2) is 24.3 Å². The highest BCUT2D eigenvalue weighted by molar-refractivity contribution is 5.73. The van der Waals surface area contributed by atoms with Gasteiger partial charge in [0.25, 0.3) is 0 Å². The smallest absolute Gasteiger partial charge is 0.350 e. The number of rotatable bonds is 2. The average molecular weight is 231 g/mol. The minimum absolute atomic E-state index is 0.273. The Bertz CT molecular complexity index is 387. The van der Waals surface area contributed by atoms with Crippen molar-refractivity contribution in [2.24, 2.45) is 0 Å². The molecule has 0 aromatic heterocycles. The molecule has 1 rings (SSSR count). The van der Waals surface area contributed by atoms with E-state index in [1.165, 1.54) is 13.0 Å².